The van der Waals surface area contributed by atoms with E-state index in [1.807, 2.05) is 0 Å². The zero-order valence-corrected chi connectivity index (χ0v) is 22.1. The Morgan fingerprint density at radius 3 is 2.52 bits per heavy atom. The lowest BCUT2D eigenvalue weighted by atomic mass is 10.0. The van der Waals surface area contributed by atoms with Crippen molar-refractivity contribution >= 4 is 44.3 Å². The number of carbonyl (C=O) groups excluding carboxylic acids is 2. The SMILES string of the molecule is O=C(N[C@@H]1CCN(c2c(C(=O)N3CCC(F)(F)C3)cc(Br)cc2C(F)(F)F)C1)c1cc(=O)[nH]c2c(F)cccc12. The van der Waals surface area contributed by atoms with E-state index in [0.717, 1.165) is 23.1 Å². The number of carbonyl (C=O) groups is 2. The van der Waals surface area contributed by atoms with Gasteiger partial charge in [-0.1, -0.05) is 28.1 Å². The van der Waals surface area contributed by atoms with E-state index in [1.165, 1.54) is 23.1 Å². The van der Waals surface area contributed by atoms with Crippen molar-refractivity contribution in [2.75, 3.05) is 31.1 Å². The number of H-pyrrole nitrogens is 1. The summed E-state index contributed by atoms with van der Waals surface area (Å²) < 4.78 is 84.2. The molecule has 2 fully saturated rings. The van der Waals surface area contributed by atoms with Gasteiger partial charge in [0.1, 0.15) is 5.82 Å². The van der Waals surface area contributed by atoms with E-state index in [2.05, 4.69) is 26.2 Å². The van der Waals surface area contributed by atoms with Crippen molar-refractivity contribution in [2.45, 2.75) is 31.0 Å². The molecular formula is C26H21BrF6N4O3. The summed E-state index contributed by atoms with van der Waals surface area (Å²) in [5.74, 6) is -5.55. The molecule has 2 N–H and O–H groups in total. The molecule has 1 aromatic heterocycles. The van der Waals surface area contributed by atoms with Crippen LogP contribution < -0.4 is 15.8 Å². The zero-order chi connectivity index (χ0) is 29.0. The maximum atomic E-state index is 14.2. The fourth-order valence-electron chi connectivity index (χ4n) is 5.17. The number of hydrogen-bond acceptors (Lipinski definition) is 4. The van der Waals surface area contributed by atoms with Crippen molar-refractivity contribution in [1.29, 1.82) is 0 Å². The number of halogens is 7. The molecule has 212 valence electrons. The number of pyridine rings is 1. The molecule has 0 radical (unpaired) electrons. The molecule has 0 aliphatic carbocycles. The second-order valence-corrected chi connectivity index (χ2v) is 10.7. The Hall–Kier alpha value is -3.55. The first-order chi connectivity index (χ1) is 18.7. The standard InChI is InChI=1S/C26H21BrF6N4O3/c27-13-8-17(24(40)37-7-5-25(29,30)12-37)22(18(9-13)26(31,32)33)36-6-4-14(11-36)34-23(39)16-10-20(38)35-21-15(16)2-1-3-19(21)28/h1-3,8-10,14H,4-7,11-12H2,(H,34,39)(H,35,38)/t14-/m1/s1. The summed E-state index contributed by atoms with van der Waals surface area (Å²) in [4.78, 5) is 42.8. The van der Waals surface area contributed by atoms with Gasteiger partial charge in [0.05, 0.1) is 34.4 Å². The van der Waals surface area contributed by atoms with E-state index in [1.54, 1.807) is 0 Å². The van der Waals surface area contributed by atoms with Gasteiger partial charge in [-0.15, -0.1) is 0 Å². The van der Waals surface area contributed by atoms with Crippen LogP contribution in [0.1, 0.15) is 39.1 Å². The average Bonchev–Trinajstić information content (AvgIpc) is 3.48. The Labute approximate surface area is 231 Å². The maximum Gasteiger partial charge on any atom is 0.418 e. The molecule has 3 heterocycles. The third-order valence-electron chi connectivity index (χ3n) is 6.98. The molecule has 2 saturated heterocycles. The second kappa shape index (κ2) is 10.1. The third kappa shape index (κ3) is 5.40. The zero-order valence-electron chi connectivity index (χ0n) is 20.5. The van der Waals surface area contributed by atoms with Crippen LogP contribution in [-0.4, -0.2) is 59.8 Å². The number of amides is 2. The highest BCUT2D eigenvalue weighted by atomic mass is 79.9. The van der Waals surface area contributed by atoms with E-state index in [4.69, 9.17) is 0 Å². The van der Waals surface area contributed by atoms with E-state index in [0.29, 0.717) is 0 Å². The average molecular weight is 631 g/mol. The third-order valence-corrected chi connectivity index (χ3v) is 7.44. The summed E-state index contributed by atoms with van der Waals surface area (Å²) >= 11 is 3.00. The van der Waals surface area contributed by atoms with Crippen molar-refractivity contribution < 1.29 is 35.9 Å². The Morgan fingerprint density at radius 2 is 1.85 bits per heavy atom. The first-order valence-electron chi connectivity index (χ1n) is 12.2. The summed E-state index contributed by atoms with van der Waals surface area (Å²) in [6.45, 7) is -1.33. The molecule has 2 aromatic carbocycles. The minimum absolute atomic E-state index is 0.0108. The number of likely N-dealkylation sites (tertiary alicyclic amines) is 1. The molecule has 2 aliphatic rings. The highest BCUT2D eigenvalue weighted by Crippen LogP contribution is 2.43. The van der Waals surface area contributed by atoms with Crippen LogP contribution in [0.15, 0.2) is 45.7 Å². The number of nitrogens with one attached hydrogen (secondary N) is 2. The Kier molecular flexibility index (Phi) is 7.09. The van der Waals surface area contributed by atoms with Gasteiger partial charge in [0, 0.05) is 48.0 Å². The van der Waals surface area contributed by atoms with Crippen LogP contribution in [0.3, 0.4) is 0 Å². The van der Waals surface area contributed by atoms with Crippen LogP contribution in [0.4, 0.5) is 32.0 Å². The van der Waals surface area contributed by atoms with Gasteiger partial charge in [-0.2, -0.15) is 13.2 Å². The quantitative estimate of drug-likeness (QED) is 0.400. The highest BCUT2D eigenvalue weighted by Gasteiger charge is 2.44. The first kappa shape index (κ1) is 28.0. The molecular weight excluding hydrogens is 610 g/mol. The fraction of sp³-hybridized carbons (Fsp3) is 0.346. The number of benzene rings is 2. The van der Waals surface area contributed by atoms with Crippen molar-refractivity contribution in [3.05, 3.63) is 73.7 Å². The minimum atomic E-state index is -4.88. The molecule has 40 heavy (non-hydrogen) atoms. The summed E-state index contributed by atoms with van der Waals surface area (Å²) in [6, 6.07) is 6.22. The van der Waals surface area contributed by atoms with Crippen LogP contribution in [-0.2, 0) is 6.18 Å². The molecule has 3 aromatic rings. The molecule has 2 aliphatic heterocycles. The number of nitrogens with zero attached hydrogens (tertiary/aromatic N) is 2. The number of alkyl halides is 5. The molecule has 0 spiro atoms. The highest BCUT2D eigenvalue weighted by molar-refractivity contribution is 9.10. The number of rotatable bonds is 4. The number of fused-ring (bicyclic) bond motifs is 1. The van der Waals surface area contributed by atoms with Gasteiger partial charge >= 0.3 is 6.18 Å². The molecule has 14 heteroatoms. The molecule has 1 atom stereocenters. The molecule has 0 bridgehead atoms. The number of hydrogen-bond donors (Lipinski definition) is 2. The van der Waals surface area contributed by atoms with Gasteiger partial charge in [-0.3, -0.25) is 14.4 Å². The van der Waals surface area contributed by atoms with Crippen LogP contribution in [0.5, 0.6) is 0 Å². The van der Waals surface area contributed by atoms with Gasteiger partial charge in [-0.05, 0) is 24.6 Å². The lowest BCUT2D eigenvalue weighted by Crippen LogP contribution is -2.38. The van der Waals surface area contributed by atoms with Crippen LogP contribution in [0.2, 0.25) is 0 Å². The number of anilines is 1. The molecule has 0 saturated carbocycles. The predicted molar refractivity (Wildman–Crippen MR) is 137 cm³/mol. The van der Waals surface area contributed by atoms with Crippen molar-refractivity contribution in [3.8, 4) is 0 Å². The van der Waals surface area contributed by atoms with E-state index in [-0.39, 0.29) is 52.6 Å². The van der Waals surface area contributed by atoms with Crippen molar-refractivity contribution in [3.63, 3.8) is 0 Å². The van der Waals surface area contributed by atoms with E-state index in [9.17, 15) is 40.7 Å². The largest absolute Gasteiger partial charge is 0.418 e. The van der Waals surface area contributed by atoms with E-state index < -0.39 is 65.5 Å². The van der Waals surface area contributed by atoms with Gasteiger partial charge in [0.2, 0.25) is 5.56 Å². The number of aromatic amines is 1. The summed E-state index contributed by atoms with van der Waals surface area (Å²) in [5.41, 5.74) is -2.95. The van der Waals surface area contributed by atoms with Crippen LogP contribution in [0.25, 0.3) is 10.9 Å². The van der Waals surface area contributed by atoms with Crippen molar-refractivity contribution in [2.24, 2.45) is 0 Å². The lowest BCUT2D eigenvalue weighted by Gasteiger charge is -2.28. The maximum absolute atomic E-state index is 14.2. The Balaban J connectivity index is 1.45. The summed E-state index contributed by atoms with van der Waals surface area (Å²) in [6.07, 6.45) is -5.28. The lowest BCUT2D eigenvalue weighted by molar-refractivity contribution is -0.137. The summed E-state index contributed by atoms with van der Waals surface area (Å²) in [7, 11) is 0. The monoisotopic (exact) mass is 630 g/mol. The minimum Gasteiger partial charge on any atom is -0.368 e. The number of para-hydroxylation sites is 1. The fourth-order valence-corrected chi connectivity index (χ4v) is 5.63. The van der Waals surface area contributed by atoms with Crippen LogP contribution in [0, 0.1) is 5.82 Å². The first-order valence-corrected chi connectivity index (χ1v) is 13.0. The second-order valence-electron chi connectivity index (χ2n) is 9.79. The van der Waals surface area contributed by atoms with Crippen LogP contribution >= 0.6 is 15.9 Å². The summed E-state index contributed by atoms with van der Waals surface area (Å²) in [5, 5.41) is 2.82. The molecule has 5 rings (SSSR count). The molecule has 7 nitrogen and oxygen atoms in total. The predicted octanol–water partition coefficient (Wildman–Crippen LogP) is 4.94. The number of aromatic nitrogens is 1. The van der Waals surface area contributed by atoms with Gasteiger partial charge in [-0.25, -0.2) is 13.2 Å². The molecule has 2 amide bonds. The smallest absolute Gasteiger partial charge is 0.368 e. The normalized spacial score (nSPS) is 18.9. The Morgan fingerprint density at radius 1 is 1.10 bits per heavy atom. The van der Waals surface area contributed by atoms with E-state index >= 15 is 0 Å². The van der Waals surface area contributed by atoms with Gasteiger partial charge in [0.15, 0.2) is 0 Å². The molecule has 0 unspecified atom stereocenters. The Bertz CT molecular complexity index is 1570. The van der Waals surface area contributed by atoms with Crippen molar-refractivity contribution in [1.82, 2.24) is 15.2 Å². The van der Waals surface area contributed by atoms with Gasteiger partial charge in [0.25, 0.3) is 17.7 Å². The van der Waals surface area contributed by atoms with Gasteiger partial charge < -0.3 is 20.1 Å². The topological polar surface area (TPSA) is 85.5 Å².